The van der Waals surface area contributed by atoms with Crippen molar-refractivity contribution in [3.05, 3.63) is 71.4 Å². The number of nitrogens with one attached hydrogen (secondary N) is 1. The molecule has 2 aromatic carbocycles. The molecule has 10 heteroatoms. The summed E-state index contributed by atoms with van der Waals surface area (Å²) in [4.78, 5) is 53.8. The number of amides is 4. The molecule has 0 spiro atoms. The molecule has 206 valence electrons. The molecule has 0 radical (unpaired) electrons. The van der Waals surface area contributed by atoms with Gasteiger partial charge in [-0.05, 0) is 67.6 Å². The fourth-order valence-corrected chi connectivity index (χ4v) is 5.82. The van der Waals surface area contributed by atoms with Gasteiger partial charge >= 0.3 is 0 Å². The Labute approximate surface area is 231 Å². The Morgan fingerprint density at radius 3 is 2.75 bits per heavy atom. The van der Waals surface area contributed by atoms with Crippen LogP contribution in [0.4, 0.5) is 0 Å². The molecule has 1 unspecified atom stereocenters. The van der Waals surface area contributed by atoms with Crippen molar-refractivity contribution in [3.8, 4) is 17.0 Å². The second-order valence-corrected chi connectivity index (χ2v) is 10.6. The number of likely N-dealkylation sites (tertiary alicyclic amines) is 1. The standard InChI is InChI=1S/C30H31N5O5/c1-33-14-12-25(32-33)19-5-4-6-20(15-19)29(38)34-13-3-2-7-22(34)18-40-23-8-9-24-21(16-23)17-35(30(24)39)26-10-11-27(36)31-28(26)37/h4-6,8-9,12,14-16,22,26H,2-3,7,10-11,13,17-18H2,1H3,(H,31,36,37)/t22-,26?/m1/s1. The van der Waals surface area contributed by atoms with Crippen molar-refractivity contribution >= 4 is 23.6 Å². The molecule has 2 fully saturated rings. The Morgan fingerprint density at radius 1 is 1.07 bits per heavy atom. The molecule has 4 heterocycles. The van der Waals surface area contributed by atoms with Crippen LogP contribution in [0.15, 0.2) is 54.7 Å². The van der Waals surface area contributed by atoms with E-state index in [4.69, 9.17) is 4.74 Å². The van der Waals surface area contributed by atoms with Crippen LogP contribution < -0.4 is 10.1 Å². The number of piperidine rings is 2. The van der Waals surface area contributed by atoms with Crippen LogP contribution in [-0.2, 0) is 23.2 Å². The summed E-state index contributed by atoms with van der Waals surface area (Å²) in [6, 6.07) is 14.1. The lowest BCUT2D eigenvalue weighted by atomic mass is 10.0. The Bertz CT molecular complexity index is 1500. The highest BCUT2D eigenvalue weighted by Gasteiger charge is 2.39. The average Bonchev–Trinajstić information content (AvgIpc) is 3.54. The summed E-state index contributed by atoms with van der Waals surface area (Å²) in [6.45, 7) is 1.30. The van der Waals surface area contributed by atoms with Crippen molar-refractivity contribution in [1.29, 1.82) is 0 Å². The largest absolute Gasteiger partial charge is 0.491 e. The average molecular weight is 542 g/mol. The predicted molar refractivity (Wildman–Crippen MR) is 145 cm³/mol. The van der Waals surface area contributed by atoms with Crippen molar-refractivity contribution in [2.45, 2.75) is 50.7 Å². The molecule has 40 heavy (non-hydrogen) atoms. The number of aryl methyl sites for hydroxylation is 1. The number of rotatable bonds is 6. The highest BCUT2D eigenvalue weighted by Crippen LogP contribution is 2.31. The van der Waals surface area contributed by atoms with E-state index in [2.05, 4.69) is 10.4 Å². The summed E-state index contributed by atoms with van der Waals surface area (Å²) in [5.41, 5.74) is 3.67. The molecule has 2 atom stereocenters. The van der Waals surface area contributed by atoms with E-state index < -0.39 is 11.9 Å². The molecule has 0 bridgehead atoms. The second-order valence-electron chi connectivity index (χ2n) is 10.6. The second kappa shape index (κ2) is 10.6. The fraction of sp³-hybridized carbons (Fsp3) is 0.367. The lowest BCUT2D eigenvalue weighted by Crippen LogP contribution is -2.52. The molecule has 10 nitrogen and oxygen atoms in total. The molecule has 3 aromatic rings. The maximum absolute atomic E-state index is 13.6. The minimum Gasteiger partial charge on any atom is -0.491 e. The highest BCUT2D eigenvalue weighted by atomic mass is 16.5. The van der Waals surface area contributed by atoms with Gasteiger partial charge in [-0.15, -0.1) is 0 Å². The number of carbonyl (C=O) groups excluding carboxylic acids is 4. The van der Waals surface area contributed by atoms with Crippen LogP contribution in [0.25, 0.3) is 11.3 Å². The van der Waals surface area contributed by atoms with Crippen LogP contribution in [0.1, 0.15) is 58.4 Å². The summed E-state index contributed by atoms with van der Waals surface area (Å²) in [7, 11) is 1.87. The molecule has 1 N–H and O–H groups in total. The van der Waals surface area contributed by atoms with Gasteiger partial charge in [-0.1, -0.05) is 12.1 Å². The number of fused-ring (bicyclic) bond motifs is 1. The monoisotopic (exact) mass is 541 g/mol. The van der Waals surface area contributed by atoms with E-state index in [9.17, 15) is 19.2 Å². The van der Waals surface area contributed by atoms with E-state index in [0.717, 1.165) is 36.1 Å². The zero-order valence-electron chi connectivity index (χ0n) is 22.3. The van der Waals surface area contributed by atoms with Crippen LogP contribution in [-0.4, -0.2) is 68.4 Å². The summed E-state index contributed by atoms with van der Waals surface area (Å²) < 4.78 is 7.91. The maximum atomic E-state index is 13.6. The van der Waals surface area contributed by atoms with Crippen LogP contribution in [0, 0.1) is 0 Å². The summed E-state index contributed by atoms with van der Waals surface area (Å²) in [6.07, 6.45) is 5.23. The first-order valence-corrected chi connectivity index (χ1v) is 13.7. The van der Waals surface area contributed by atoms with Gasteiger partial charge in [0.25, 0.3) is 11.8 Å². The van der Waals surface area contributed by atoms with Gasteiger partial charge in [-0.25, -0.2) is 0 Å². The van der Waals surface area contributed by atoms with Crippen LogP contribution in [0.5, 0.6) is 5.75 Å². The Morgan fingerprint density at radius 2 is 1.95 bits per heavy atom. The number of imide groups is 1. The van der Waals surface area contributed by atoms with Gasteiger partial charge in [0.2, 0.25) is 11.8 Å². The summed E-state index contributed by atoms with van der Waals surface area (Å²) in [5.74, 6) is -0.357. The third-order valence-electron chi connectivity index (χ3n) is 7.94. The first-order chi connectivity index (χ1) is 19.4. The minimum absolute atomic E-state index is 0.0227. The number of benzene rings is 2. The number of hydrogen-bond donors (Lipinski definition) is 1. The zero-order chi connectivity index (χ0) is 27.8. The van der Waals surface area contributed by atoms with E-state index in [1.807, 2.05) is 54.5 Å². The number of carbonyl (C=O) groups is 4. The first kappa shape index (κ1) is 25.8. The molecule has 3 aliphatic heterocycles. The number of hydrogen-bond acceptors (Lipinski definition) is 6. The lowest BCUT2D eigenvalue weighted by Gasteiger charge is -2.35. The molecule has 0 aliphatic carbocycles. The van der Waals surface area contributed by atoms with Gasteiger partial charge in [0.15, 0.2) is 0 Å². The van der Waals surface area contributed by atoms with E-state index in [1.54, 1.807) is 16.8 Å². The van der Waals surface area contributed by atoms with Gasteiger partial charge in [-0.2, -0.15) is 5.10 Å². The molecule has 2 saturated heterocycles. The van der Waals surface area contributed by atoms with Crippen LogP contribution >= 0.6 is 0 Å². The minimum atomic E-state index is -0.653. The predicted octanol–water partition coefficient (Wildman–Crippen LogP) is 2.92. The molecule has 0 saturated carbocycles. The van der Waals surface area contributed by atoms with Gasteiger partial charge in [0.05, 0.1) is 11.7 Å². The Balaban J connectivity index is 1.13. The lowest BCUT2D eigenvalue weighted by molar-refractivity contribution is -0.136. The van der Waals surface area contributed by atoms with Crippen LogP contribution in [0.3, 0.4) is 0 Å². The van der Waals surface area contributed by atoms with Crippen molar-refractivity contribution in [2.75, 3.05) is 13.2 Å². The van der Waals surface area contributed by atoms with Gasteiger partial charge < -0.3 is 14.5 Å². The fourth-order valence-electron chi connectivity index (χ4n) is 5.82. The quantitative estimate of drug-likeness (QED) is 0.480. The zero-order valence-corrected chi connectivity index (χ0v) is 22.3. The molecular formula is C30H31N5O5. The third kappa shape index (κ3) is 4.97. The first-order valence-electron chi connectivity index (χ1n) is 13.7. The van der Waals surface area contributed by atoms with E-state index in [-0.39, 0.29) is 36.7 Å². The molecule has 4 amide bonds. The third-order valence-corrected chi connectivity index (χ3v) is 7.94. The number of aromatic nitrogens is 2. The smallest absolute Gasteiger partial charge is 0.255 e. The van der Waals surface area contributed by atoms with E-state index in [1.165, 1.54) is 4.90 Å². The summed E-state index contributed by atoms with van der Waals surface area (Å²) in [5, 5.41) is 6.78. The topological polar surface area (TPSA) is 114 Å². The van der Waals surface area contributed by atoms with Gasteiger partial charge in [-0.3, -0.25) is 29.2 Å². The highest BCUT2D eigenvalue weighted by molar-refractivity contribution is 6.05. The van der Waals surface area contributed by atoms with Crippen molar-refractivity contribution in [2.24, 2.45) is 7.05 Å². The van der Waals surface area contributed by atoms with Crippen molar-refractivity contribution < 1.29 is 23.9 Å². The van der Waals surface area contributed by atoms with E-state index in [0.29, 0.717) is 36.4 Å². The molecule has 6 rings (SSSR count). The molecule has 1 aromatic heterocycles. The van der Waals surface area contributed by atoms with Gasteiger partial charge in [0, 0.05) is 49.4 Å². The SMILES string of the molecule is Cn1ccc(-c2cccc(C(=O)N3CCCC[C@@H]3COc3ccc4c(c3)CN(C3CCC(=O)NC3=O)C4=O)c2)n1. The summed E-state index contributed by atoms with van der Waals surface area (Å²) >= 11 is 0. The maximum Gasteiger partial charge on any atom is 0.255 e. The molecule has 3 aliphatic rings. The number of ether oxygens (including phenoxy) is 1. The number of nitrogens with zero attached hydrogens (tertiary/aromatic N) is 4. The van der Waals surface area contributed by atoms with Crippen molar-refractivity contribution in [1.82, 2.24) is 24.9 Å². The van der Waals surface area contributed by atoms with E-state index >= 15 is 0 Å². The Kier molecular flexibility index (Phi) is 6.83. The van der Waals surface area contributed by atoms with Gasteiger partial charge in [0.1, 0.15) is 18.4 Å². The molecular weight excluding hydrogens is 510 g/mol. The normalized spacial score (nSPS) is 20.9. The van der Waals surface area contributed by atoms with Crippen molar-refractivity contribution in [3.63, 3.8) is 0 Å². The van der Waals surface area contributed by atoms with Crippen LogP contribution in [0.2, 0.25) is 0 Å². The Hall–Kier alpha value is -4.47.